The summed E-state index contributed by atoms with van der Waals surface area (Å²) in [5, 5.41) is 2.87. The molecule has 0 bridgehead atoms. The van der Waals surface area contributed by atoms with E-state index in [2.05, 4.69) is 5.32 Å². The number of nitrogens with two attached hydrogens (primary N) is 1. The second kappa shape index (κ2) is 7.07. The number of nitrogens with one attached hydrogen (secondary N) is 1. The number of hydrogen-bond acceptors (Lipinski definition) is 3. The third kappa shape index (κ3) is 5.12. The first-order valence-electron chi connectivity index (χ1n) is 7.53. The van der Waals surface area contributed by atoms with Crippen LogP contribution >= 0.6 is 0 Å². The summed E-state index contributed by atoms with van der Waals surface area (Å²) in [6.07, 6.45) is 4.96. The largest absolute Gasteiger partial charge is 0.347 e. The zero-order valence-corrected chi connectivity index (χ0v) is 13.2. The lowest BCUT2D eigenvalue weighted by Crippen LogP contribution is -2.50. The van der Waals surface area contributed by atoms with E-state index in [4.69, 9.17) is 5.73 Å². The molecule has 1 atom stereocenters. The van der Waals surface area contributed by atoms with Gasteiger partial charge in [-0.25, -0.2) is 0 Å². The fraction of sp³-hybridized carbons (Fsp3) is 0.867. The van der Waals surface area contributed by atoms with Crippen molar-refractivity contribution in [2.45, 2.75) is 64.0 Å². The minimum atomic E-state index is -0.442. The Morgan fingerprint density at radius 3 is 2.25 bits per heavy atom. The molecule has 1 saturated carbocycles. The maximum absolute atomic E-state index is 12.2. The molecule has 1 rings (SSSR count). The number of carbonyl (C=O) groups excluding carboxylic acids is 2. The number of carbonyl (C=O) groups is 2. The van der Waals surface area contributed by atoms with Gasteiger partial charge in [0.1, 0.15) is 6.04 Å². The molecule has 5 heteroatoms. The number of amides is 2. The molecule has 116 valence electrons. The Balaban J connectivity index is 2.59. The third-order valence-corrected chi connectivity index (χ3v) is 3.89. The second-order valence-electron chi connectivity index (χ2n) is 6.73. The Kier molecular flexibility index (Phi) is 5.99. The normalized spacial score (nSPS) is 18.9. The van der Waals surface area contributed by atoms with Crippen LogP contribution in [0.4, 0.5) is 0 Å². The van der Waals surface area contributed by atoms with Gasteiger partial charge in [-0.05, 0) is 25.2 Å². The Morgan fingerprint density at radius 1 is 1.25 bits per heavy atom. The van der Waals surface area contributed by atoms with Gasteiger partial charge in [-0.3, -0.25) is 9.59 Å². The lowest BCUT2D eigenvalue weighted by Gasteiger charge is -2.26. The van der Waals surface area contributed by atoms with E-state index in [1.165, 1.54) is 4.90 Å². The Labute approximate surface area is 122 Å². The van der Waals surface area contributed by atoms with Gasteiger partial charge in [0, 0.05) is 26.1 Å². The van der Waals surface area contributed by atoms with Crippen LogP contribution < -0.4 is 11.1 Å². The fourth-order valence-corrected chi connectivity index (χ4v) is 2.83. The van der Waals surface area contributed by atoms with E-state index in [1.54, 1.807) is 14.1 Å². The highest BCUT2D eigenvalue weighted by atomic mass is 16.2. The van der Waals surface area contributed by atoms with Crippen molar-refractivity contribution in [3.63, 3.8) is 0 Å². The monoisotopic (exact) mass is 283 g/mol. The summed E-state index contributed by atoms with van der Waals surface area (Å²) >= 11 is 0. The minimum Gasteiger partial charge on any atom is -0.347 e. The van der Waals surface area contributed by atoms with Crippen LogP contribution in [0.3, 0.4) is 0 Å². The number of hydrogen-bond donors (Lipinski definition) is 2. The fourth-order valence-electron chi connectivity index (χ4n) is 2.83. The highest BCUT2D eigenvalue weighted by Gasteiger charge is 2.33. The molecule has 0 saturated heterocycles. The zero-order valence-electron chi connectivity index (χ0n) is 13.2. The van der Waals surface area contributed by atoms with E-state index >= 15 is 0 Å². The van der Waals surface area contributed by atoms with E-state index in [9.17, 15) is 9.59 Å². The second-order valence-corrected chi connectivity index (χ2v) is 6.73. The van der Waals surface area contributed by atoms with Gasteiger partial charge < -0.3 is 16.0 Å². The maximum Gasteiger partial charge on any atom is 0.244 e. The van der Waals surface area contributed by atoms with Crippen molar-refractivity contribution in [1.29, 1.82) is 0 Å². The van der Waals surface area contributed by atoms with Crippen molar-refractivity contribution < 1.29 is 9.59 Å². The Bertz CT molecular complexity index is 347. The van der Waals surface area contributed by atoms with E-state index in [1.807, 2.05) is 13.8 Å². The van der Waals surface area contributed by atoms with Gasteiger partial charge >= 0.3 is 0 Å². The molecule has 0 aromatic carbocycles. The van der Waals surface area contributed by atoms with Crippen LogP contribution in [0.25, 0.3) is 0 Å². The van der Waals surface area contributed by atoms with Crippen LogP contribution in [0.15, 0.2) is 0 Å². The summed E-state index contributed by atoms with van der Waals surface area (Å²) in [5.74, 6) is 0.197. The van der Waals surface area contributed by atoms with Gasteiger partial charge in [0.2, 0.25) is 11.8 Å². The number of nitrogens with zero attached hydrogens (tertiary/aromatic N) is 1. The van der Waals surface area contributed by atoms with Crippen LogP contribution in [0.5, 0.6) is 0 Å². The molecular formula is C15H29N3O2. The van der Waals surface area contributed by atoms with Crippen molar-refractivity contribution in [2.24, 2.45) is 11.7 Å². The molecule has 1 unspecified atom stereocenters. The molecule has 1 aliphatic carbocycles. The number of rotatable bonds is 6. The van der Waals surface area contributed by atoms with Crippen LogP contribution in [0.1, 0.15) is 52.4 Å². The molecule has 0 aromatic rings. The predicted octanol–water partition coefficient (Wildman–Crippen LogP) is 1.27. The smallest absolute Gasteiger partial charge is 0.244 e. The summed E-state index contributed by atoms with van der Waals surface area (Å²) in [6.45, 7) is 4.09. The topological polar surface area (TPSA) is 75.4 Å². The third-order valence-electron chi connectivity index (χ3n) is 3.89. The first kappa shape index (κ1) is 17.0. The first-order valence-corrected chi connectivity index (χ1v) is 7.53. The van der Waals surface area contributed by atoms with Gasteiger partial charge in [0.05, 0.1) is 0 Å². The van der Waals surface area contributed by atoms with Crippen LogP contribution in [-0.2, 0) is 9.59 Å². The average Bonchev–Trinajstić information content (AvgIpc) is 2.72. The summed E-state index contributed by atoms with van der Waals surface area (Å²) in [7, 11) is 3.42. The van der Waals surface area contributed by atoms with Gasteiger partial charge in [-0.2, -0.15) is 0 Å². The van der Waals surface area contributed by atoms with Crippen molar-refractivity contribution >= 4 is 11.8 Å². The average molecular weight is 283 g/mol. The molecule has 0 spiro atoms. The number of likely N-dealkylation sites (N-methyl/N-ethyl adjacent to an activating group) is 1. The van der Waals surface area contributed by atoms with E-state index < -0.39 is 6.04 Å². The molecule has 5 nitrogen and oxygen atoms in total. The molecule has 1 fully saturated rings. The van der Waals surface area contributed by atoms with E-state index in [0.717, 1.165) is 25.7 Å². The van der Waals surface area contributed by atoms with E-state index in [0.29, 0.717) is 18.8 Å². The van der Waals surface area contributed by atoms with Crippen molar-refractivity contribution in [3.05, 3.63) is 0 Å². The van der Waals surface area contributed by atoms with Gasteiger partial charge in [0.15, 0.2) is 0 Å². The van der Waals surface area contributed by atoms with Crippen LogP contribution in [0.2, 0.25) is 0 Å². The highest BCUT2D eigenvalue weighted by molar-refractivity contribution is 5.87. The zero-order chi connectivity index (χ0) is 15.3. The lowest BCUT2D eigenvalue weighted by molar-refractivity contribution is -0.135. The predicted molar refractivity (Wildman–Crippen MR) is 80.1 cm³/mol. The van der Waals surface area contributed by atoms with Crippen molar-refractivity contribution in [2.75, 3.05) is 14.1 Å². The lowest BCUT2D eigenvalue weighted by atomic mass is 9.94. The molecule has 0 heterocycles. The van der Waals surface area contributed by atoms with Crippen molar-refractivity contribution in [3.8, 4) is 0 Å². The highest BCUT2D eigenvalue weighted by Crippen LogP contribution is 2.29. The summed E-state index contributed by atoms with van der Waals surface area (Å²) in [5.41, 5.74) is 5.85. The summed E-state index contributed by atoms with van der Waals surface area (Å²) in [4.78, 5) is 25.8. The van der Waals surface area contributed by atoms with Crippen LogP contribution in [-0.4, -0.2) is 42.4 Å². The Hall–Kier alpha value is -1.10. The molecule has 0 aromatic heterocycles. The summed E-state index contributed by atoms with van der Waals surface area (Å²) in [6, 6.07) is -0.442. The van der Waals surface area contributed by atoms with E-state index in [-0.39, 0.29) is 17.4 Å². The maximum atomic E-state index is 12.2. The van der Waals surface area contributed by atoms with Crippen LogP contribution in [0, 0.1) is 5.92 Å². The molecule has 3 N–H and O–H groups in total. The van der Waals surface area contributed by atoms with Gasteiger partial charge in [0.25, 0.3) is 0 Å². The standard InChI is InChI=1S/C15H29N3O2/c1-11(2)9-12(14(20)18(3)4)17-13(19)10-15(16)7-5-6-8-15/h11-12H,5-10,16H2,1-4H3,(H,17,19). The molecule has 2 amide bonds. The first-order chi connectivity index (χ1) is 9.23. The van der Waals surface area contributed by atoms with Crippen molar-refractivity contribution in [1.82, 2.24) is 10.2 Å². The van der Waals surface area contributed by atoms with Gasteiger partial charge in [-0.15, -0.1) is 0 Å². The summed E-state index contributed by atoms with van der Waals surface area (Å²) < 4.78 is 0. The SMILES string of the molecule is CC(C)CC(NC(=O)CC1(N)CCCC1)C(=O)N(C)C. The molecule has 1 aliphatic rings. The Morgan fingerprint density at radius 2 is 1.80 bits per heavy atom. The minimum absolute atomic E-state index is 0.0513. The van der Waals surface area contributed by atoms with Gasteiger partial charge in [-0.1, -0.05) is 26.7 Å². The molecule has 20 heavy (non-hydrogen) atoms. The molecule has 0 radical (unpaired) electrons. The molecular weight excluding hydrogens is 254 g/mol. The quantitative estimate of drug-likeness (QED) is 0.770. The molecule has 0 aliphatic heterocycles.